The summed E-state index contributed by atoms with van der Waals surface area (Å²) in [6.45, 7) is 1.13. The second kappa shape index (κ2) is 3.99. The summed E-state index contributed by atoms with van der Waals surface area (Å²) in [6.07, 6.45) is -4.10. The lowest BCUT2D eigenvalue weighted by atomic mass is 10.2. The van der Waals surface area contributed by atoms with Crippen molar-refractivity contribution in [2.45, 2.75) is 19.1 Å². The molecule has 0 aromatic carbocycles. The van der Waals surface area contributed by atoms with Gasteiger partial charge in [0.2, 0.25) is 0 Å². The fourth-order valence-electron chi connectivity index (χ4n) is 1.09. The highest BCUT2D eigenvalue weighted by molar-refractivity contribution is 5.71. The first-order chi connectivity index (χ1) is 7.23. The molecule has 4 nitrogen and oxygen atoms in total. The van der Waals surface area contributed by atoms with Crippen LogP contribution < -0.4 is 5.56 Å². The first-order valence-electron chi connectivity index (χ1n) is 4.25. The highest BCUT2D eigenvalue weighted by Crippen LogP contribution is 2.28. The van der Waals surface area contributed by atoms with Crippen molar-refractivity contribution in [1.82, 2.24) is 4.57 Å². The molecule has 0 aliphatic heterocycles. The molecule has 1 aromatic heterocycles. The minimum absolute atomic E-state index is 0.501. The van der Waals surface area contributed by atoms with E-state index >= 15 is 0 Å². The van der Waals surface area contributed by atoms with Crippen molar-refractivity contribution < 1.29 is 23.1 Å². The summed E-state index contributed by atoms with van der Waals surface area (Å²) in [4.78, 5) is 21.7. The number of hydrogen-bond donors (Lipinski definition) is 1. The van der Waals surface area contributed by atoms with E-state index in [1.165, 1.54) is 0 Å². The van der Waals surface area contributed by atoms with Crippen molar-refractivity contribution in [3.05, 3.63) is 34.2 Å². The topological polar surface area (TPSA) is 59.3 Å². The molecule has 1 atom stereocenters. The Hall–Kier alpha value is -1.79. The molecule has 1 unspecified atom stereocenters. The van der Waals surface area contributed by atoms with Crippen LogP contribution in [-0.4, -0.2) is 15.6 Å². The fourth-order valence-corrected chi connectivity index (χ4v) is 1.09. The number of hydrogen-bond acceptors (Lipinski definition) is 2. The maximum absolute atomic E-state index is 12.3. The van der Waals surface area contributed by atoms with E-state index in [1.54, 1.807) is 0 Å². The zero-order valence-electron chi connectivity index (χ0n) is 8.15. The Morgan fingerprint density at radius 1 is 1.44 bits per heavy atom. The van der Waals surface area contributed by atoms with Crippen LogP contribution in [0.3, 0.4) is 0 Å². The van der Waals surface area contributed by atoms with Gasteiger partial charge in [-0.05, 0) is 13.0 Å². The van der Waals surface area contributed by atoms with E-state index in [9.17, 15) is 22.8 Å². The second-order valence-corrected chi connectivity index (χ2v) is 3.18. The van der Waals surface area contributed by atoms with Crippen LogP contribution in [-0.2, 0) is 11.0 Å². The summed E-state index contributed by atoms with van der Waals surface area (Å²) >= 11 is 0. The molecule has 1 N–H and O–H groups in total. The molecule has 1 rings (SSSR count). The third-order valence-electron chi connectivity index (χ3n) is 2.04. The Morgan fingerprint density at radius 3 is 2.44 bits per heavy atom. The van der Waals surface area contributed by atoms with Gasteiger partial charge in [-0.2, -0.15) is 13.2 Å². The number of carboxylic acid groups (broad SMARTS) is 1. The van der Waals surface area contributed by atoms with Crippen LogP contribution >= 0.6 is 0 Å². The van der Waals surface area contributed by atoms with Gasteiger partial charge < -0.3 is 9.67 Å². The lowest BCUT2D eigenvalue weighted by molar-refractivity contribution is -0.142. The Morgan fingerprint density at radius 2 is 2.00 bits per heavy atom. The smallest absolute Gasteiger partial charge is 0.417 e. The number of nitrogens with zero attached hydrogens (tertiary/aromatic N) is 1. The molecule has 0 aliphatic carbocycles. The maximum Gasteiger partial charge on any atom is 0.417 e. The second-order valence-electron chi connectivity index (χ2n) is 3.18. The zero-order valence-corrected chi connectivity index (χ0v) is 8.15. The van der Waals surface area contributed by atoms with Crippen molar-refractivity contribution >= 4 is 5.97 Å². The normalized spacial score (nSPS) is 13.5. The summed E-state index contributed by atoms with van der Waals surface area (Å²) in [5.41, 5.74) is -1.84. The SMILES string of the molecule is CC(C(=O)O)n1cc(C(F)(F)F)ccc1=O. The van der Waals surface area contributed by atoms with E-state index in [1.807, 2.05) is 0 Å². The van der Waals surface area contributed by atoms with Crippen LogP contribution in [0.2, 0.25) is 0 Å². The summed E-state index contributed by atoms with van der Waals surface area (Å²) in [5, 5.41) is 8.61. The first-order valence-corrected chi connectivity index (χ1v) is 4.25. The quantitative estimate of drug-likeness (QED) is 0.845. The summed E-state index contributed by atoms with van der Waals surface area (Å²) in [5.74, 6) is -1.37. The van der Waals surface area contributed by atoms with Gasteiger partial charge in [-0.15, -0.1) is 0 Å². The third-order valence-corrected chi connectivity index (χ3v) is 2.04. The van der Waals surface area contributed by atoms with Crippen LogP contribution in [0, 0.1) is 0 Å². The van der Waals surface area contributed by atoms with Crippen molar-refractivity contribution in [2.24, 2.45) is 0 Å². The molecule has 7 heteroatoms. The molecule has 0 amide bonds. The van der Waals surface area contributed by atoms with Crippen LogP contribution in [0.15, 0.2) is 23.1 Å². The molecule has 1 heterocycles. The molecule has 16 heavy (non-hydrogen) atoms. The van der Waals surface area contributed by atoms with Crippen LogP contribution in [0.5, 0.6) is 0 Å². The fraction of sp³-hybridized carbons (Fsp3) is 0.333. The predicted molar refractivity (Wildman–Crippen MR) is 48.1 cm³/mol. The summed E-state index contributed by atoms with van der Waals surface area (Å²) in [7, 11) is 0. The number of alkyl halides is 3. The number of rotatable bonds is 2. The van der Waals surface area contributed by atoms with Crippen LogP contribution in [0.4, 0.5) is 13.2 Å². The predicted octanol–water partition coefficient (Wildman–Crippen LogP) is 1.51. The van der Waals surface area contributed by atoms with Gasteiger partial charge in [-0.25, -0.2) is 4.79 Å². The zero-order chi connectivity index (χ0) is 12.5. The average Bonchev–Trinajstić information content (AvgIpc) is 2.15. The Balaban J connectivity index is 3.30. The van der Waals surface area contributed by atoms with E-state index in [-0.39, 0.29) is 0 Å². The van der Waals surface area contributed by atoms with E-state index in [2.05, 4.69) is 0 Å². The van der Waals surface area contributed by atoms with Gasteiger partial charge in [0, 0.05) is 12.3 Å². The van der Waals surface area contributed by atoms with Crippen LogP contribution in [0.25, 0.3) is 0 Å². The van der Waals surface area contributed by atoms with Crippen molar-refractivity contribution in [3.63, 3.8) is 0 Å². The van der Waals surface area contributed by atoms with Gasteiger partial charge in [-0.1, -0.05) is 0 Å². The van der Waals surface area contributed by atoms with Gasteiger partial charge in [0.1, 0.15) is 6.04 Å². The van der Waals surface area contributed by atoms with Crippen molar-refractivity contribution in [2.75, 3.05) is 0 Å². The van der Waals surface area contributed by atoms with Crippen LogP contribution in [0.1, 0.15) is 18.5 Å². The molecule has 0 aliphatic rings. The highest BCUT2D eigenvalue weighted by atomic mass is 19.4. The van der Waals surface area contributed by atoms with E-state index in [0.29, 0.717) is 22.9 Å². The number of aromatic nitrogens is 1. The average molecular weight is 235 g/mol. The van der Waals surface area contributed by atoms with E-state index in [4.69, 9.17) is 5.11 Å². The van der Waals surface area contributed by atoms with E-state index in [0.717, 1.165) is 6.92 Å². The van der Waals surface area contributed by atoms with Gasteiger partial charge in [0.05, 0.1) is 5.56 Å². The molecule has 0 saturated heterocycles. The molecule has 88 valence electrons. The molecule has 0 saturated carbocycles. The number of pyridine rings is 1. The van der Waals surface area contributed by atoms with Gasteiger partial charge in [0.15, 0.2) is 0 Å². The minimum atomic E-state index is -4.60. The Kier molecular flexibility index (Phi) is 3.06. The number of aliphatic carboxylic acids is 1. The van der Waals surface area contributed by atoms with E-state index < -0.39 is 29.3 Å². The molecular formula is C9H8F3NO3. The molecule has 0 fully saturated rings. The summed E-state index contributed by atoms with van der Waals surface area (Å²) in [6, 6.07) is -0.0230. The molecule has 0 spiro atoms. The summed E-state index contributed by atoms with van der Waals surface area (Å²) < 4.78 is 37.4. The first kappa shape index (κ1) is 12.3. The molecule has 1 aromatic rings. The lowest BCUT2D eigenvalue weighted by Crippen LogP contribution is -2.28. The van der Waals surface area contributed by atoms with Gasteiger partial charge >= 0.3 is 12.1 Å². The molecule has 0 bridgehead atoms. The Bertz CT molecular complexity index is 464. The minimum Gasteiger partial charge on any atom is -0.480 e. The third kappa shape index (κ3) is 2.41. The van der Waals surface area contributed by atoms with Gasteiger partial charge in [-0.3, -0.25) is 4.79 Å². The monoisotopic (exact) mass is 235 g/mol. The van der Waals surface area contributed by atoms with Gasteiger partial charge in [0.25, 0.3) is 5.56 Å². The maximum atomic E-state index is 12.3. The van der Waals surface area contributed by atoms with Crippen molar-refractivity contribution in [3.8, 4) is 0 Å². The van der Waals surface area contributed by atoms with Crippen molar-refractivity contribution in [1.29, 1.82) is 0 Å². The number of carbonyl (C=O) groups is 1. The standard InChI is InChI=1S/C9H8F3NO3/c1-5(8(15)16)13-4-6(9(10,11)12)2-3-7(13)14/h2-5H,1H3,(H,15,16). The molecular weight excluding hydrogens is 227 g/mol. The lowest BCUT2D eigenvalue weighted by Gasteiger charge is -2.13. The number of carboxylic acids is 1. The highest BCUT2D eigenvalue weighted by Gasteiger charge is 2.31. The number of halogens is 3. The molecule has 0 radical (unpaired) electrons. The Labute approximate surface area is 87.9 Å². The largest absolute Gasteiger partial charge is 0.480 e.